The van der Waals surface area contributed by atoms with Gasteiger partial charge in [-0.15, -0.1) is 0 Å². The Balaban J connectivity index is 5.14. The molecule has 0 spiro atoms. The molecule has 17 heteroatoms. The molecular formula is C29H50N6O10S. The second-order valence-electron chi connectivity index (χ2n) is 10.1. The number of carbonyl (C=O) groups excluding carboxylic acids is 7. The van der Waals surface area contributed by atoms with Crippen LogP contribution >= 0.6 is 11.8 Å². The molecule has 46 heavy (non-hydrogen) atoms. The van der Waals surface area contributed by atoms with Crippen LogP contribution in [0.2, 0.25) is 0 Å². The number of rotatable bonds is 23. The minimum absolute atomic E-state index is 0.0675. The van der Waals surface area contributed by atoms with Crippen molar-refractivity contribution in [3.05, 3.63) is 12.3 Å². The summed E-state index contributed by atoms with van der Waals surface area (Å²) in [5, 5.41) is 25.5. The SMILES string of the molecule is C=C(NCNC(=O)C(C)NC(=O)C(CC)NC(C)=O)C(CO)NC(=O)C(CSCC(COC(=O)CC)OC(=O)CC)NC(=O)CC. The second-order valence-corrected chi connectivity index (χ2v) is 11.1. The number of aliphatic hydroxyl groups is 1. The largest absolute Gasteiger partial charge is 0.462 e. The number of aliphatic hydroxyl groups excluding tert-OH is 1. The molecule has 16 nitrogen and oxygen atoms in total. The van der Waals surface area contributed by atoms with Gasteiger partial charge in [0.15, 0.2) is 0 Å². The maximum absolute atomic E-state index is 13.1. The van der Waals surface area contributed by atoms with Crippen LogP contribution in [0.5, 0.6) is 0 Å². The number of hydrogen-bond acceptors (Lipinski definition) is 12. The molecule has 5 unspecified atom stereocenters. The highest BCUT2D eigenvalue weighted by Gasteiger charge is 2.26. The normalized spacial score (nSPS) is 13.8. The zero-order valence-electron chi connectivity index (χ0n) is 27.5. The first-order valence-electron chi connectivity index (χ1n) is 15.1. The molecule has 0 radical (unpaired) electrons. The molecule has 0 saturated carbocycles. The summed E-state index contributed by atoms with van der Waals surface area (Å²) in [6.07, 6.45) is -0.0321. The second kappa shape index (κ2) is 23.5. The molecular weight excluding hydrogens is 624 g/mol. The Morgan fingerprint density at radius 3 is 1.93 bits per heavy atom. The lowest BCUT2D eigenvalue weighted by Crippen LogP contribution is -2.54. The molecule has 0 aromatic heterocycles. The topological polar surface area (TPSA) is 230 Å². The fourth-order valence-electron chi connectivity index (χ4n) is 3.48. The molecule has 5 amide bonds. The van der Waals surface area contributed by atoms with Crippen molar-refractivity contribution in [2.75, 3.05) is 31.4 Å². The van der Waals surface area contributed by atoms with E-state index in [9.17, 15) is 38.7 Å². The Morgan fingerprint density at radius 1 is 0.761 bits per heavy atom. The van der Waals surface area contributed by atoms with Gasteiger partial charge in [0.2, 0.25) is 29.5 Å². The smallest absolute Gasteiger partial charge is 0.305 e. The van der Waals surface area contributed by atoms with Gasteiger partial charge in [-0.2, -0.15) is 11.8 Å². The van der Waals surface area contributed by atoms with Crippen molar-refractivity contribution in [3.63, 3.8) is 0 Å². The van der Waals surface area contributed by atoms with Crippen LogP contribution < -0.4 is 31.9 Å². The van der Waals surface area contributed by atoms with Crippen molar-refractivity contribution in [3.8, 4) is 0 Å². The van der Waals surface area contributed by atoms with Crippen LogP contribution in [-0.2, 0) is 43.0 Å². The Labute approximate surface area is 274 Å². The van der Waals surface area contributed by atoms with E-state index in [-0.39, 0.29) is 55.6 Å². The number of hydrogen-bond donors (Lipinski definition) is 7. The van der Waals surface area contributed by atoms with E-state index < -0.39 is 72.4 Å². The Kier molecular flexibility index (Phi) is 21.5. The first-order chi connectivity index (χ1) is 21.7. The van der Waals surface area contributed by atoms with Crippen molar-refractivity contribution >= 4 is 53.2 Å². The molecule has 0 aliphatic heterocycles. The van der Waals surface area contributed by atoms with Crippen LogP contribution in [0.15, 0.2) is 12.3 Å². The molecule has 7 N–H and O–H groups in total. The monoisotopic (exact) mass is 674 g/mol. The number of esters is 2. The van der Waals surface area contributed by atoms with Crippen LogP contribution in [0.25, 0.3) is 0 Å². The van der Waals surface area contributed by atoms with E-state index in [0.717, 1.165) is 0 Å². The third-order valence-electron chi connectivity index (χ3n) is 6.22. The lowest BCUT2D eigenvalue weighted by molar-refractivity contribution is -0.157. The first kappa shape index (κ1) is 42.1. The maximum Gasteiger partial charge on any atom is 0.305 e. The van der Waals surface area contributed by atoms with E-state index in [2.05, 4.69) is 38.5 Å². The van der Waals surface area contributed by atoms with E-state index in [1.165, 1.54) is 25.6 Å². The third kappa shape index (κ3) is 17.6. The summed E-state index contributed by atoms with van der Waals surface area (Å²) in [5.41, 5.74) is 0.155. The fourth-order valence-corrected chi connectivity index (χ4v) is 4.52. The number of thioether (sulfide) groups is 1. The van der Waals surface area contributed by atoms with Crippen LogP contribution in [0.3, 0.4) is 0 Å². The summed E-state index contributed by atoms with van der Waals surface area (Å²) in [5.74, 6) is -3.13. The van der Waals surface area contributed by atoms with E-state index in [1.807, 2.05) is 0 Å². The van der Waals surface area contributed by atoms with Crippen LogP contribution in [-0.4, -0.2) is 108 Å². The molecule has 0 bridgehead atoms. The highest BCUT2D eigenvalue weighted by Crippen LogP contribution is 2.11. The van der Waals surface area contributed by atoms with Crippen LogP contribution in [0.1, 0.15) is 67.2 Å². The highest BCUT2D eigenvalue weighted by molar-refractivity contribution is 7.99. The predicted molar refractivity (Wildman–Crippen MR) is 171 cm³/mol. The number of amides is 5. The van der Waals surface area contributed by atoms with Gasteiger partial charge in [0.25, 0.3) is 0 Å². The maximum atomic E-state index is 13.1. The number of ether oxygens (including phenoxy) is 2. The lowest BCUT2D eigenvalue weighted by atomic mass is 10.2. The zero-order chi connectivity index (χ0) is 35.2. The minimum atomic E-state index is -1.03. The van der Waals surface area contributed by atoms with Crippen molar-refractivity contribution in [2.45, 2.75) is 97.5 Å². The van der Waals surface area contributed by atoms with Gasteiger partial charge >= 0.3 is 11.9 Å². The fraction of sp³-hybridized carbons (Fsp3) is 0.690. The van der Waals surface area contributed by atoms with E-state index >= 15 is 0 Å². The first-order valence-corrected chi connectivity index (χ1v) is 16.3. The summed E-state index contributed by atoms with van der Waals surface area (Å²) in [4.78, 5) is 84.7. The van der Waals surface area contributed by atoms with E-state index in [0.29, 0.717) is 6.42 Å². The number of nitrogens with one attached hydrogen (secondary N) is 6. The van der Waals surface area contributed by atoms with E-state index in [4.69, 9.17) is 9.47 Å². The molecule has 0 aromatic carbocycles. The van der Waals surface area contributed by atoms with Gasteiger partial charge in [-0.1, -0.05) is 34.3 Å². The summed E-state index contributed by atoms with van der Waals surface area (Å²) < 4.78 is 10.4. The zero-order valence-corrected chi connectivity index (χ0v) is 28.3. The minimum Gasteiger partial charge on any atom is -0.462 e. The van der Waals surface area contributed by atoms with Gasteiger partial charge in [0.1, 0.15) is 30.8 Å². The van der Waals surface area contributed by atoms with Gasteiger partial charge in [-0.3, -0.25) is 33.6 Å². The summed E-state index contributed by atoms with van der Waals surface area (Å²) in [6, 6.07) is -3.74. The Morgan fingerprint density at radius 2 is 1.39 bits per heavy atom. The molecule has 0 heterocycles. The predicted octanol–water partition coefficient (Wildman–Crippen LogP) is -1.04. The number of carbonyl (C=O) groups is 7. The van der Waals surface area contributed by atoms with Crippen molar-refractivity contribution in [1.29, 1.82) is 0 Å². The van der Waals surface area contributed by atoms with E-state index in [1.54, 1.807) is 27.7 Å². The molecule has 0 aliphatic rings. The van der Waals surface area contributed by atoms with Crippen LogP contribution in [0.4, 0.5) is 0 Å². The van der Waals surface area contributed by atoms with Gasteiger partial charge in [0.05, 0.1) is 19.3 Å². The van der Waals surface area contributed by atoms with Gasteiger partial charge in [-0.25, -0.2) is 0 Å². The molecule has 0 saturated heterocycles. The summed E-state index contributed by atoms with van der Waals surface area (Å²) >= 11 is 1.19. The molecule has 262 valence electrons. The molecule has 0 fully saturated rings. The molecule has 0 rings (SSSR count). The average molecular weight is 675 g/mol. The standard InChI is InChI=1S/C29H50N6O10S/c1-8-21(33-19(7)37)28(42)32-18(6)27(41)31-16-30-17(5)22(12-36)35-29(43)23(34-24(38)9-2)15-46-14-20(45-26(40)11-4)13-44-25(39)10-3/h18,20-23,30,36H,5,8-16H2,1-4,6-7H3,(H,31,41)(H,32,42)(H,33,37)(H,34,38)(H,35,43). The molecule has 0 aromatic rings. The summed E-state index contributed by atoms with van der Waals surface area (Å²) in [6.45, 7) is 12.3. The van der Waals surface area contributed by atoms with Crippen molar-refractivity contribution in [2.24, 2.45) is 0 Å². The average Bonchev–Trinajstić information content (AvgIpc) is 3.03. The van der Waals surface area contributed by atoms with Gasteiger partial charge in [0, 0.05) is 43.4 Å². The third-order valence-corrected chi connectivity index (χ3v) is 7.40. The summed E-state index contributed by atoms with van der Waals surface area (Å²) in [7, 11) is 0. The Hall–Kier alpha value is -3.86. The van der Waals surface area contributed by atoms with Gasteiger partial charge in [-0.05, 0) is 13.3 Å². The molecule has 5 atom stereocenters. The van der Waals surface area contributed by atoms with Gasteiger partial charge < -0.3 is 46.5 Å². The van der Waals surface area contributed by atoms with Crippen molar-refractivity contribution in [1.82, 2.24) is 31.9 Å². The Bertz CT molecular complexity index is 1060. The highest BCUT2D eigenvalue weighted by atomic mass is 32.2. The lowest BCUT2D eigenvalue weighted by Gasteiger charge is -2.25. The quantitative estimate of drug-likeness (QED) is 0.0509. The molecule has 0 aliphatic carbocycles. The van der Waals surface area contributed by atoms with Crippen LogP contribution in [0, 0.1) is 0 Å². The van der Waals surface area contributed by atoms with Crippen molar-refractivity contribution < 1.29 is 48.1 Å².